The number of rotatable bonds is 15. The van der Waals surface area contributed by atoms with E-state index in [0.717, 1.165) is 86.8 Å². The van der Waals surface area contributed by atoms with E-state index in [1.807, 2.05) is 42.2 Å². The van der Waals surface area contributed by atoms with E-state index in [2.05, 4.69) is 79.3 Å². The minimum Gasteiger partial charge on any atom is -0.494 e. The van der Waals surface area contributed by atoms with E-state index >= 15 is 0 Å². The van der Waals surface area contributed by atoms with E-state index in [9.17, 15) is 14.4 Å². The van der Waals surface area contributed by atoms with Crippen LogP contribution in [-0.2, 0) is 16.1 Å². The number of carbonyl (C=O) groups is 3. The number of para-hydroxylation sites is 1. The number of ether oxygens (including phenoxy) is 1. The monoisotopic (exact) mass is 825 g/mol. The predicted octanol–water partition coefficient (Wildman–Crippen LogP) is 6.43. The number of carbonyl (C=O) groups excluding carboxylic acids is 3. The maximum absolute atomic E-state index is 13.1. The number of piperazine rings is 1. The average Bonchev–Trinajstić information content (AvgIpc) is 3.57. The van der Waals surface area contributed by atoms with Gasteiger partial charge in [-0.05, 0) is 92.7 Å². The number of aromatic nitrogens is 2. The zero-order valence-corrected chi connectivity index (χ0v) is 35.4. The Morgan fingerprint density at radius 1 is 0.966 bits per heavy atom. The number of hydrogen-bond acceptors (Lipinski definition) is 11. The van der Waals surface area contributed by atoms with Crippen molar-refractivity contribution in [2.24, 2.45) is 5.92 Å². The van der Waals surface area contributed by atoms with Gasteiger partial charge in [0.1, 0.15) is 10.8 Å². The van der Waals surface area contributed by atoms with E-state index in [0.29, 0.717) is 47.8 Å². The summed E-state index contributed by atoms with van der Waals surface area (Å²) in [5.41, 5.74) is 5.84. The first kappa shape index (κ1) is 41.2. The third-order valence-electron chi connectivity index (χ3n) is 11.5. The van der Waals surface area contributed by atoms with Crippen LogP contribution in [0.1, 0.15) is 48.5 Å². The van der Waals surface area contributed by atoms with Gasteiger partial charge in [0, 0.05) is 93.5 Å². The highest BCUT2D eigenvalue weighted by Crippen LogP contribution is 2.35. The summed E-state index contributed by atoms with van der Waals surface area (Å²) in [6.07, 6.45) is 4.98. The van der Waals surface area contributed by atoms with Crippen LogP contribution in [0.25, 0.3) is 0 Å². The second kappa shape index (κ2) is 18.7. The Morgan fingerprint density at radius 3 is 2.43 bits per heavy atom. The van der Waals surface area contributed by atoms with Gasteiger partial charge in [0.15, 0.2) is 5.82 Å². The average molecular weight is 826 g/mol. The number of amides is 3. The van der Waals surface area contributed by atoms with Crippen LogP contribution in [0.4, 0.5) is 34.5 Å². The minimum absolute atomic E-state index is 0.00735. The molecule has 2 saturated heterocycles. The molecule has 4 aromatic rings. The van der Waals surface area contributed by atoms with E-state index in [1.165, 1.54) is 11.0 Å². The van der Waals surface area contributed by atoms with Crippen LogP contribution in [0, 0.1) is 5.92 Å². The first-order chi connectivity index (χ1) is 28.1. The molecule has 1 aromatic heterocycles. The van der Waals surface area contributed by atoms with Gasteiger partial charge in [-0.15, -0.1) is 0 Å². The Bertz CT molecular complexity index is 2110. The Labute approximate surface area is 347 Å². The van der Waals surface area contributed by atoms with Gasteiger partial charge in [-0.2, -0.15) is 4.98 Å². The molecule has 0 radical (unpaired) electrons. The van der Waals surface area contributed by atoms with Crippen LogP contribution in [0.2, 0.25) is 5.02 Å². The molecule has 58 heavy (non-hydrogen) atoms. The lowest BCUT2D eigenvalue weighted by Gasteiger charge is -2.40. The normalized spacial score (nSPS) is 16.7. The highest BCUT2D eigenvalue weighted by Gasteiger charge is 2.32. The van der Waals surface area contributed by atoms with Crippen molar-refractivity contribution in [2.75, 3.05) is 86.7 Å². The minimum atomic E-state index is -0.324. The van der Waals surface area contributed by atoms with Gasteiger partial charge in [-0.25, -0.2) is 4.98 Å². The SMILES string of the molecule is COc1cc(N2CCN(CC3CCN(c4ccc5c(c4)CN(C(C)CCC(=O)NC=O)C5=O)CC3)CC2)ccc1Nc1ncc(Cl)c(Nc2ccccc2P(C)C)n1. The number of piperidine rings is 1. The molecule has 306 valence electrons. The third kappa shape index (κ3) is 9.65. The van der Waals surface area contributed by atoms with Crippen LogP contribution >= 0.6 is 19.5 Å². The molecule has 4 heterocycles. The van der Waals surface area contributed by atoms with Crippen molar-refractivity contribution >= 4 is 77.6 Å². The van der Waals surface area contributed by atoms with Gasteiger partial charge in [-0.3, -0.25) is 24.6 Å². The van der Waals surface area contributed by atoms with Gasteiger partial charge in [0.2, 0.25) is 18.3 Å². The van der Waals surface area contributed by atoms with Gasteiger partial charge >= 0.3 is 0 Å². The van der Waals surface area contributed by atoms with Crippen LogP contribution in [0.3, 0.4) is 0 Å². The molecule has 0 bridgehead atoms. The van der Waals surface area contributed by atoms with Gasteiger partial charge in [0.25, 0.3) is 5.91 Å². The summed E-state index contributed by atoms with van der Waals surface area (Å²) in [5.74, 6) is 2.01. The fraction of sp³-hybridized carbons (Fsp3) is 0.419. The fourth-order valence-electron chi connectivity index (χ4n) is 8.16. The molecular formula is C43H53ClN9O4P. The second-order valence-corrected chi connectivity index (χ2v) is 18.2. The van der Waals surface area contributed by atoms with Crippen LogP contribution in [-0.4, -0.2) is 110 Å². The van der Waals surface area contributed by atoms with Gasteiger partial charge in [-0.1, -0.05) is 37.7 Å². The molecule has 3 aromatic carbocycles. The molecule has 1 atom stereocenters. The Hall–Kier alpha value is -4.97. The largest absolute Gasteiger partial charge is 0.494 e. The van der Waals surface area contributed by atoms with Gasteiger partial charge < -0.3 is 30.1 Å². The summed E-state index contributed by atoms with van der Waals surface area (Å²) in [6.45, 7) is 13.9. The van der Waals surface area contributed by atoms with E-state index in [1.54, 1.807) is 13.3 Å². The van der Waals surface area contributed by atoms with E-state index < -0.39 is 0 Å². The van der Waals surface area contributed by atoms with Gasteiger partial charge in [0.05, 0.1) is 19.0 Å². The zero-order chi connectivity index (χ0) is 40.8. The fourth-order valence-corrected chi connectivity index (χ4v) is 9.29. The smallest absolute Gasteiger partial charge is 0.254 e. The third-order valence-corrected chi connectivity index (χ3v) is 13.1. The number of hydrogen-bond donors (Lipinski definition) is 3. The number of nitrogens with zero attached hydrogens (tertiary/aromatic N) is 6. The maximum Gasteiger partial charge on any atom is 0.254 e. The first-order valence-corrected chi connectivity index (χ1v) is 22.6. The molecule has 3 N–H and O–H groups in total. The molecule has 3 amide bonds. The summed E-state index contributed by atoms with van der Waals surface area (Å²) in [6, 6.07) is 20.6. The van der Waals surface area contributed by atoms with Crippen molar-refractivity contribution in [3.63, 3.8) is 0 Å². The van der Waals surface area contributed by atoms with E-state index in [4.69, 9.17) is 21.3 Å². The molecule has 0 aliphatic carbocycles. The Kier molecular flexibility index (Phi) is 13.3. The summed E-state index contributed by atoms with van der Waals surface area (Å²) in [5, 5.41) is 10.6. The van der Waals surface area contributed by atoms with Crippen LogP contribution in [0.15, 0.2) is 66.9 Å². The number of nitrogens with one attached hydrogen (secondary N) is 3. The van der Waals surface area contributed by atoms with Crippen molar-refractivity contribution in [3.05, 3.63) is 83.0 Å². The van der Waals surface area contributed by atoms with Crippen molar-refractivity contribution < 1.29 is 19.1 Å². The summed E-state index contributed by atoms with van der Waals surface area (Å²) in [4.78, 5) is 53.9. The molecule has 3 aliphatic rings. The highest BCUT2D eigenvalue weighted by atomic mass is 35.5. The number of halogens is 1. The number of fused-ring (bicyclic) bond motifs is 1. The van der Waals surface area contributed by atoms with Crippen molar-refractivity contribution in [1.29, 1.82) is 0 Å². The predicted molar refractivity (Wildman–Crippen MR) is 234 cm³/mol. The Balaban J connectivity index is 0.881. The molecule has 13 nitrogen and oxygen atoms in total. The topological polar surface area (TPSA) is 135 Å². The first-order valence-electron chi connectivity index (χ1n) is 20.0. The number of imide groups is 1. The molecule has 15 heteroatoms. The molecule has 1 unspecified atom stereocenters. The molecular weight excluding hydrogens is 773 g/mol. The maximum atomic E-state index is 13.1. The molecule has 7 rings (SSSR count). The summed E-state index contributed by atoms with van der Waals surface area (Å²) < 4.78 is 5.83. The molecule has 0 spiro atoms. The van der Waals surface area contributed by atoms with Crippen LogP contribution in [0.5, 0.6) is 5.75 Å². The molecule has 0 saturated carbocycles. The molecule has 3 aliphatic heterocycles. The number of benzene rings is 3. The standard InChI is InChI=1S/C43H53ClN9O4P/c1-29(9-14-40(55)46-28-54)53-27-31-23-32(10-12-34(31)42(53)56)51-17-15-30(16-18-51)26-50-19-21-52(22-20-50)33-11-13-36(38(24-33)57-2)48-43-45-25-35(44)41(49-43)47-37-7-5-6-8-39(37)58(3)4/h5-8,10-13,23-25,28-30H,9,14-22,26-27H2,1-4H3,(H,46,54,55)(H2,45,47,48,49). The Morgan fingerprint density at radius 2 is 1.69 bits per heavy atom. The summed E-state index contributed by atoms with van der Waals surface area (Å²) >= 11 is 6.52. The lowest BCUT2D eigenvalue weighted by atomic mass is 9.95. The second-order valence-electron chi connectivity index (χ2n) is 15.5. The van der Waals surface area contributed by atoms with Crippen molar-refractivity contribution in [1.82, 2.24) is 25.1 Å². The number of anilines is 6. The quantitative estimate of drug-likeness (QED) is 0.0905. The van der Waals surface area contributed by atoms with Crippen molar-refractivity contribution in [3.8, 4) is 5.75 Å². The molecule has 2 fully saturated rings. The zero-order valence-electron chi connectivity index (χ0n) is 33.7. The summed E-state index contributed by atoms with van der Waals surface area (Å²) in [7, 11) is 1.36. The highest BCUT2D eigenvalue weighted by molar-refractivity contribution is 7.64. The van der Waals surface area contributed by atoms with Crippen LogP contribution < -0.4 is 35.8 Å². The van der Waals surface area contributed by atoms with Crippen molar-refractivity contribution in [2.45, 2.75) is 45.2 Å². The lowest BCUT2D eigenvalue weighted by Crippen LogP contribution is -2.49. The lowest BCUT2D eigenvalue weighted by molar-refractivity contribution is -0.125. The number of methoxy groups -OCH3 is 1. The van der Waals surface area contributed by atoms with E-state index in [-0.39, 0.29) is 32.2 Å².